The molecule has 0 saturated carbocycles. The fraction of sp³-hybridized carbons (Fsp3) is 0.471. The van der Waals surface area contributed by atoms with Crippen LogP contribution in [0, 0.1) is 5.92 Å². The molecule has 2 fully saturated rings. The predicted octanol–water partition coefficient (Wildman–Crippen LogP) is 4.59. The second-order valence-corrected chi connectivity index (χ2v) is 12.9. The SMILES string of the molecule is CC(C)(C)OC(=O)N1CCc2c([nH]c3ccccc23)C1C(=O)N1CCC[C@@H]1C(=O)N1CC[C@H](C(=O)OCc2ccccc2)C1. The maximum absolute atomic E-state index is 14.5. The topological polar surface area (TPSA) is 112 Å². The van der Waals surface area contributed by atoms with Crippen LogP contribution in [0.2, 0.25) is 0 Å². The number of aromatic amines is 1. The highest BCUT2D eigenvalue weighted by Gasteiger charge is 2.47. The number of nitrogens with one attached hydrogen (secondary N) is 1. The number of fused-ring (bicyclic) bond motifs is 3. The number of rotatable bonds is 5. The van der Waals surface area contributed by atoms with Crippen molar-refractivity contribution in [3.05, 3.63) is 71.4 Å². The Labute approximate surface area is 257 Å². The molecule has 3 aliphatic heterocycles. The van der Waals surface area contributed by atoms with Crippen LogP contribution in [0.1, 0.15) is 62.9 Å². The van der Waals surface area contributed by atoms with Crippen molar-refractivity contribution < 1.29 is 28.7 Å². The summed E-state index contributed by atoms with van der Waals surface area (Å²) in [7, 11) is 0. The van der Waals surface area contributed by atoms with Crippen molar-refractivity contribution in [1.82, 2.24) is 19.7 Å². The molecule has 0 radical (unpaired) electrons. The Hall–Kier alpha value is -4.34. The summed E-state index contributed by atoms with van der Waals surface area (Å²) in [6, 6.07) is 15.8. The Kier molecular flexibility index (Phi) is 8.09. The van der Waals surface area contributed by atoms with Crippen LogP contribution < -0.4 is 0 Å². The van der Waals surface area contributed by atoms with Gasteiger partial charge in [-0.05, 0) is 63.6 Å². The largest absolute Gasteiger partial charge is 0.461 e. The van der Waals surface area contributed by atoms with Gasteiger partial charge in [0.15, 0.2) is 6.04 Å². The molecule has 10 nitrogen and oxygen atoms in total. The fourth-order valence-corrected chi connectivity index (χ4v) is 6.67. The number of benzene rings is 2. The Morgan fingerprint density at radius 1 is 0.886 bits per heavy atom. The molecule has 2 aromatic carbocycles. The zero-order valence-electron chi connectivity index (χ0n) is 25.6. The monoisotopic (exact) mass is 600 g/mol. The molecule has 0 bridgehead atoms. The Morgan fingerprint density at radius 3 is 2.41 bits per heavy atom. The number of esters is 1. The normalized spacial score (nSPS) is 21.8. The number of hydrogen-bond donors (Lipinski definition) is 1. The summed E-state index contributed by atoms with van der Waals surface area (Å²) in [5.41, 5.74) is 2.77. The zero-order chi connectivity index (χ0) is 31.0. The summed E-state index contributed by atoms with van der Waals surface area (Å²) in [5, 5.41) is 1.03. The lowest BCUT2D eigenvalue weighted by molar-refractivity contribution is -0.150. The van der Waals surface area contributed by atoms with Gasteiger partial charge in [-0.3, -0.25) is 19.3 Å². The van der Waals surface area contributed by atoms with Crippen molar-refractivity contribution in [1.29, 1.82) is 0 Å². The molecule has 0 spiro atoms. The minimum Gasteiger partial charge on any atom is -0.461 e. The van der Waals surface area contributed by atoms with E-state index in [1.54, 1.807) is 30.6 Å². The van der Waals surface area contributed by atoms with Gasteiger partial charge in [0.1, 0.15) is 18.2 Å². The quantitative estimate of drug-likeness (QED) is 0.429. The first-order valence-electron chi connectivity index (χ1n) is 15.5. The Bertz CT molecular complexity index is 1560. The number of carbonyl (C=O) groups is 4. The van der Waals surface area contributed by atoms with Crippen molar-refractivity contribution >= 4 is 34.8 Å². The third-order valence-electron chi connectivity index (χ3n) is 8.77. The molecule has 3 atom stereocenters. The number of nitrogens with zero attached hydrogens (tertiary/aromatic N) is 3. The van der Waals surface area contributed by atoms with Gasteiger partial charge in [0.2, 0.25) is 5.91 Å². The lowest BCUT2D eigenvalue weighted by atomic mass is 9.96. The first kappa shape index (κ1) is 29.7. The van der Waals surface area contributed by atoms with Gasteiger partial charge in [0.05, 0.1) is 11.6 Å². The molecule has 4 heterocycles. The lowest BCUT2D eigenvalue weighted by Crippen LogP contribution is -2.53. The molecule has 10 heteroatoms. The first-order chi connectivity index (χ1) is 21.1. The average molecular weight is 601 g/mol. The van der Waals surface area contributed by atoms with E-state index in [0.29, 0.717) is 51.0 Å². The molecular formula is C34H40N4O6. The molecule has 2 saturated heterocycles. The summed E-state index contributed by atoms with van der Waals surface area (Å²) < 4.78 is 11.3. The van der Waals surface area contributed by atoms with E-state index in [0.717, 1.165) is 22.0 Å². The van der Waals surface area contributed by atoms with E-state index >= 15 is 0 Å². The van der Waals surface area contributed by atoms with Gasteiger partial charge in [-0.1, -0.05) is 48.5 Å². The van der Waals surface area contributed by atoms with E-state index in [1.807, 2.05) is 54.6 Å². The van der Waals surface area contributed by atoms with Gasteiger partial charge in [0, 0.05) is 37.1 Å². The van der Waals surface area contributed by atoms with Crippen molar-refractivity contribution in [3.8, 4) is 0 Å². The van der Waals surface area contributed by atoms with Crippen LogP contribution in [0.3, 0.4) is 0 Å². The minimum absolute atomic E-state index is 0.161. The summed E-state index contributed by atoms with van der Waals surface area (Å²) in [4.78, 5) is 62.8. The molecule has 1 N–H and O–H groups in total. The fourth-order valence-electron chi connectivity index (χ4n) is 6.67. The number of amides is 3. The lowest BCUT2D eigenvalue weighted by Gasteiger charge is -2.39. The number of H-pyrrole nitrogens is 1. The smallest absolute Gasteiger partial charge is 0.411 e. The molecule has 1 aromatic heterocycles. The molecule has 3 aliphatic rings. The zero-order valence-corrected chi connectivity index (χ0v) is 25.6. The Balaban J connectivity index is 1.20. The second kappa shape index (κ2) is 12.0. The standard InChI is InChI=1S/C34H40N4O6/c1-34(2,3)44-33(42)38-19-16-25-24-12-7-8-13-26(24)35-28(25)29(38)31(40)37-17-9-14-27(37)30(39)36-18-15-23(20-36)32(41)43-21-22-10-5-4-6-11-22/h4-8,10-13,23,27,29,35H,9,14-21H2,1-3H3/t23-,27+,29?/m0/s1. The summed E-state index contributed by atoms with van der Waals surface area (Å²) in [5.74, 6) is -1.17. The highest BCUT2D eigenvalue weighted by atomic mass is 16.6. The summed E-state index contributed by atoms with van der Waals surface area (Å²) in [6.07, 6.45) is 1.76. The second-order valence-electron chi connectivity index (χ2n) is 12.9. The van der Waals surface area contributed by atoms with E-state index in [9.17, 15) is 19.2 Å². The van der Waals surface area contributed by atoms with E-state index in [4.69, 9.17) is 9.47 Å². The van der Waals surface area contributed by atoms with Crippen LogP contribution in [0.15, 0.2) is 54.6 Å². The van der Waals surface area contributed by atoms with Crippen LogP contribution in [-0.4, -0.2) is 81.4 Å². The van der Waals surface area contributed by atoms with Gasteiger partial charge in [-0.15, -0.1) is 0 Å². The molecule has 1 unspecified atom stereocenters. The first-order valence-corrected chi connectivity index (χ1v) is 15.5. The molecular weight excluding hydrogens is 560 g/mol. The third kappa shape index (κ3) is 5.89. The maximum atomic E-state index is 14.5. The van der Waals surface area contributed by atoms with Crippen LogP contribution in [0.25, 0.3) is 10.9 Å². The van der Waals surface area contributed by atoms with Crippen molar-refractivity contribution in [3.63, 3.8) is 0 Å². The third-order valence-corrected chi connectivity index (χ3v) is 8.77. The molecule has 6 rings (SSSR count). The van der Waals surface area contributed by atoms with E-state index in [-0.39, 0.29) is 30.9 Å². The summed E-state index contributed by atoms with van der Waals surface area (Å²) in [6.45, 7) is 7.04. The van der Waals surface area contributed by atoms with E-state index in [1.165, 1.54) is 4.90 Å². The summed E-state index contributed by atoms with van der Waals surface area (Å²) >= 11 is 0. The van der Waals surface area contributed by atoms with Gasteiger partial charge in [-0.2, -0.15) is 0 Å². The maximum Gasteiger partial charge on any atom is 0.411 e. The molecule has 3 amide bonds. The van der Waals surface area contributed by atoms with Gasteiger partial charge in [0.25, 0.3) is 5.91 Å². The number of para-hydroxylation sites is 1. The molecule has 3 aromatic rings. The average Bonchev–Trinajstić information content (AvgIpc) is 3.77. The molecule has 232 valence electrons. The van der Waals surface area contributed by atoms with Crippen LogP contribution in [0.5, 0.6) is 0 Å². The van der Waals surface area contributed by atoms with Crippen molar-refractivity contribution in [2.75, 3.05) is 26.2 Å². The van der Waals surface area contributed by atoms with E-state index in [2.05, 4.69) is 4.98 Å². The number of carbonyl (C=O) groups excluding carboxylic acids is 4. The van der Waals surface area contributed by atoms with Gasteiger partial charge >= 0.3 is 12.1 Å². The van der Waals surface area contributed by atoms with Crippen LogP contribution in [0.4, 0.5) is 4.79 Å². The number of ether oxygens (including phenoxy) is 2. The molecule has 0 aliphatic carbocycles. The number of likely N-dealkylation sites (tertiary alicyclic amines) is 2. The highest BCUT2D eigenvalue weighted by molar-refractivity contribution is 5.95. The highest BCUT2D eigenvalue weighted by Crippen LogP contribution is 2.38. The van der Waals surface area contributed by atoms with E-state index < -0.39 is 29.7 Å². The molecule has 44 heavy (non-hydrogen) atoms. The number of hydrogen-bond acceptors (Lipinski definition) is 6. The Morgan fingerprint density at radius 2 is 1.64 bits per heavy atom. The van der Waals surface area contributed by atoms with Crippen LogP contribution >= 0.6 is 0 Å². The van der Waals surface area contributed by atoms with Gasteiger partial charge in [-0.25, -0.2) is 4.79 Å². The predicted molar refractivity (Wildman–Crippen MR) is 163 cm³/mol. The number of aromatic nitrogens is 1. The van der Waals surface area contributed by atoms with Crippen molar-refractivity contribution in [2.45, 2.75) is 70.7 Å². The van der Waals surface area contributed by atoms with Crippen LogP contribution in [-0.2, 0) is 36.9 Å². The van der Waals surface area contributed by atoms with Crippen molar-refractivity contribution in [2.24, 2.45) is 5.92 Å². The van der Waals surface area contributed by atoms with Gasteiger partial charge < -0.3 is 24.3 Å². The minimum atomic E-state index is -0.936.